The van der Waals surface area contributed by atoms with Gasteiger partial charge in [-0.2, -0.15) is 0 Å². The standard InChI is InChI=1S/C16H19N3O/c1-4-8-12-14(11(3)5-2)16(20)19-15(18-12)13-9-6-7-10-17-13/h5-7,9-11H,2,4,8H2,1,3H3,(H,18,19,20)/t11-/m1/s1. The van der Waals surface area contributed by atoms with Crippen LogP contribution in [-0.2, 0) is 6.42 Å². The predicted molar refractivity (Wildman–Crippen MR) is 80.7 cm³/mol. The molecule has 0 bridgehead atoms. The highest BCUT2D eigenvalue weighted by molar-refractivity contribution is 5.49. The van der Waals surface area contributed by atoms with Crippen LogP contribution in [-0.4, -0.2) is 15.0 Å². The minimum atomic E-state index is -0.100. The highest BCUT2D eigenvalue weighted by Gasteiger charge is 2.16. The molecule has 4 nitrogen and oxygen atoms in total. The van der Waals surface area contributed by atoms with Crippen molar-refractivity contribution in [2.75, 3.05) is 0 Å². The zero-order valence-corrected chi connectivity index (χ0v) is 11.9. The molecule has 2 rings (SSSR count). The Morgan fingerprint density at radius 3 is 2.85 bits per heavy atom. The molecule has 2 aromatic rings. The van der Waals surface area contributed by atoms with Gasteiger partial charge in [-0.25, -0.2) is 4.98 Å². The summed E-state index contributed by atoms with van der Waals surface area (Å²) in [4.78, 5) is 24.0. The minimum Gasteiger partial charge on any atom is -0.305 e. The van der Waals surface area contributed by atoms with Crippen molar-refractivity contribution in [3.63, 3.8) is 0 Å². The van der Waals surface area contributed by atoms with Gasteiger partial charge in [0.25, 0.3) is 5.56 Å². The number of H-pyrrole nitrogens is 1. The molecule has 1 atom stereocenters. The number of nitrogens with zero attached hydrogens (tertiary/aromatic N) is 2. The van der Waals surface area contributed by atoms with Crippen molar-refractivity contribution in [2.24, 2.45) is 0 Å². The first kappa shape index (κ1) is 14.2. The molecule has 0 spiro atoms. The molecule has 0 aliphatic heterocycles. The minimum absolute atomic E-state index is 0.00872. The molecule has 2 heterocycles. The van der Waals surface area contributed by atoms with Crippen molar-refractivity contribution in [3.05, 3.63) is 58.7 Å². The maximum absolute atomic E-state index is 12.3. The average molecular weight is 269 g/mol. The Labute approximate surface area is 118 Å². The van der Waals surface area contributed by atoms with Crippen LogP contribution in [0.2, 0.25) is 0 Å². The number of aromatic nitrogens is 3. The van der Waals surface area contributed by atoms with E-state index in [0.717, 1.165) is 18.5 Å². The molecular formula is C16H19N3O. The van der Waals surface area contributed by atoms with Crippen LogP contribution in [0.25, 0.3) is 11.5 Å². The number of allylic oxidation sites excluding steroid dienone is 1. The van der Waals surface area contributed by atoms with E-state index in [9.17, 15) is 4.79 Å². The summed E-state index contributed by atoms with van der Waals surface area (Å²) in [5.74, 6) is 0.518. The van der Waals surface area contributed by atoms with E-state index >= 15 is 0 Å². The van der Waals surface area contributed by atoms with E-state index in [2.05, 4.69) is 28.5 Å². The first-order chi connectivity index (χ1) is 9.67. The fourth-order valence-electron chi connectivity index (χ4n) is 2.17. The maximum atomic E-state index is 12.3. The van der Waals surface area contributed by atoms with Crippen LogP contribution in [0, 0.1) is 0 Å². The molecule has 0 amide bonds. The van der Waals surface area contributed by atoms with E-state index in [-0.39, 0.29) is 11.5 Å². The van der Waals surface area contributed by atoms with Gasteiger partial charge in [0.2, 0.25) is 0 Å². The second kappa shape index (κ2) is 6.28. The van der Waals surface area contributed by atoms with Crippen LogP contribution in [0.15, 0.2) is 41.8 Å². The molecular weight excluding hydrogens is 250 g/mol. The van der Waals surface area contributed by atoms with Crippen LogP contribution in [0.4, 0.5) is 0 Å². The van der Waals surface area contributed by atoms with Crippen molar-refractivity contribution in [3.8, 4) is 11.5 Å². The molecule has 0 aromatic carbocycles. The number of aromatic amines is 1. The SMILES string of the molecule is C=C[C@@H](C)c1c(CCC)nc(-c2ccccn2)[nH]c1=O. The third-order valence-electron chi connectivity index (χ3n) is 3.24. The first-order valence-corrected chi connectivity index (χ1v) is 6.84. The van der Waals surface area contributed by atoms with Crippen LogP contribution in [0.5, 0.6) is 0 Å². The summed E-state index contributed by atoms with van der Waals surface area (Å²) in [5, 5.41) is 0. The van der Waals surface area contributed by atoms with Gasteiger partial charge in [-0.15, -0.1) is 6.58 Å². The van der Waals surface area contributed by atoms with Gasteiger partial charge in [0.1, 0.15) is 5.69 Å². The van der Waals surface area contributed by atoms with Crippen molar-refractivity contribution < 1.29 is 0 Å². The Bertz CT molecular complexity index is 647. The molecule has 0 aliphatic rings. The summed E-state index contributed by atoms with van der Waals surface area (Å²) >= 11 is 0. The maximum Gasteiger partial charge on any atom is 0.255 e. The quantitative estimate of drug-likeness (QED) is 0.849. The molecule has 104 valence electrons. The molecule has 20 heavy (non-hydrogen) atoms. The van der Waals surface area contributed by atoms with Gasteiger partial charge < -0.3 is 4.98 Å². The topological polar surface area (TPSA) is 58.6 Å². The molecule has 0 aliphatic carbocycles. The third-order valence-corrected chi connectivity index (χ3v) is 3.24. The Morgan fingerprint density at radius 2 is 2.25 bits per heavy atom. The second-order valence-corrected chi connectivity index (χ2v) is 4.76. The Kier molecular flexibility index (Phi) is 4.45. The van der Waals surface area contributed by atoms with Gasteiger partial charge in [0.15, 0.2) is 5.82 Å². The molecule has 1 N–H and O–H groups in total. The summed E-state index contributed by atoms with van der Waals surface area (Å²) < 4.78 is 0. The lowest BCUT2D eigenvalue weighted by Gasteiger charge is -2.12. The fourth-order valence-corrected chi connectivity index (χ4v) is 2.17. The van der Waals surface area contributed by atoms with Gasteiger partial charge in [0, 0.05) is 17.7 Å². The van der Waals surface area contributed by atoms with Crippen molar-refractivity contribution >= 4 is 0 Å². The van der Waals surface area contributed by atoms with Crippen molar-refractivity contribution in [1.29, 1.82) is 0 Å². The highest BCUT2D eigenvalue weighted by atomic mass is 16.1. The van der Waals surface area contributed by atoms with Gasteiger partial charge in [-0.1, -0.05) is 32.4 Å². The van der Waals surface area contributed by atoms with Crippen LogP contribution < -0.4 is 5.56 Å². The van der Waals surface area contributed by atoms with Gasteiger partial charge in [-0.05, 0) is 18.6 Å². The van der Waals surface area contributed by atoms with Gasteiger partial charge >= 0.3 is 0 Å². The zero-order chi connectivity index (χ0) is 14.5. The normalized spacial score (nSPS) is 12.1. The van der Waals surface area contributed by atoms with E-state index in [0.29, 0.717) is 17.1 Å². The Morgan fingerprint density at radius 1 is 1.45 bits per heavy atom. The lowest BCUT2D eigenvalue weighted by Crippen LogP contribution is -2.20. The number of aryl methyl sites for hydroxylation is 1. The number of hydrogen-bond acceptors (Lipinski definition) is 3. The van der Waals surface area contributed by atoms with Crippen LogP contribution in [0.3, 0.4) is 0 Å². The van der Waals surface area contributed by atoms with E-state index in [1.54, 1.807) is 12.3 Å². The average Bonchev–Trinajstić information content (AvgIpc) is 2.47. The predicted octanol–water partition coefficient (Wildman–Crippen LogP) is 3.07. The van der Waals surface area contributed by atoms with Crippen molar-refractivity contribution in [2.45, 2.75) is 32.6 Å². The van der Waals surface area contributed by atoms with E-state index in [1.807, 2.05) is 25.1 Å². The third kappa shape index (κ3) is 2.85. The van der Waals surface area contributed by atoms with E-state index in [1.165, 1.54) is 0 Å². The summed E-state index contributed by atoms with van der Waals surface area (Å²) in [6.45, 7) is 7.80. The van der Waals surface area contributed by atoms with E-state index < -0.39 is 0 Å². The van der Waals surface area contributed by atoms with E-state index in [4.69, 9.17) is 0 Å². The monoisotopic (exact) mass is 269 g/mol. The molecule has 0 fully saturated rings. The summed E-state index contributed by atoms with van der Waals surface area (Å²) in [5.41, 5.74) is 2.13. The summed E-state index contributed by atoms with van der Waals surface area (Å²) in [7, 11) is 0. The highest BCUT2D eigenvalue weighted by Crippen LogP contribution is 2.19. The second-order valence-electron chi connectivity index (χ2n) is 4.76. The van der Waals surface area contributed by atoms with Gasteiger partial charge in [0.05, 0.1) is 5.69 Å². The molecule has 2 aromatic heterocycles. The Balaban J connectivity index is 2.59. The van der Waals surface area contributed by atoms with Crippen LogP contribution >= 0.6 is 0 Å². The molecule has 0 unspecified atom stereocenters. The summed E-state index contributed by atoms with van der Waals surface area (Å²) in [6, 6.07) is 5.55. The smallest absolute Gasteiger partial charge is 0.255 e. The fraction of sp³-hybridized carbons (Fsp3) is 0.312. The number of nitrogens with one attached hydrogen (secondary N) is 1. The largest absolute Gasteiger partial charge is 0.305 e. The lowest BCUT2D eigenvalue weighted by atomic mass is 9.98. The number of pyridine rings is 1. The first-order valence-electron chi connectivity index (χ1n) is 6.84. The number of hydrogen-bond donors (Lipinski definition) is 1. The van der Waals surface area contributed by atoms with Gasteiger partial charge in [-0.3, -0.25) is 9.78 Å². The van der Waals surface area contributed by atoms with Crippen LogP contribution in [0.1, 0.15) is 37.4 Å². The van der Waals surface area contributed by atoms with Crippen molar-refractivity contribution in [1.82, 2.24) is 15.0 Å². The zero-order valence-electron chi connectivity index (χ0n) is 11.9. The molecule has 4 heteroatoms. The number of rotatable bonds is 5. The molecule has 0 saturated carbocycles. The summed E-state index contributed by atoms with van der Waals surface area (Å²) in [6.07, 6.45) is 5.17. The molecule has 0 saturated heterocycles. The Hall–Kier alpha value is -2.23. The molecule has 0 radical (unpaired) electrons. The lowest BCUT2D eigenvalue weighted by molar-refractivity contribution is 0.807.